The first-order valence-corrected chi connectivity index (χ1v) is 4.99. The van der Waals surface area contributed by atoms with Crippen molar-refractivity contribution in [3.8, 4) is 0 Å². The average molecular weight is 193 g/mol. The zero-order valence-electron chi connectivity index (χ0n) is 9.23. The molecule has 0 amide bonds. The van der Waals surface area contributed by atoms with E-state index >= 15 is 0 Å². The van der Waals surface area contributed by atoms with Gasteiger partial charge >= 0.3 is 0 Å². The molecule has 78 valence electrons. The third-order valence-corrected chi connectivity index (χ3v) is 1.68. The van der Waals surface area contributed by atoms with Gasteiger partial charge in [0, 0.05) is 6.54 Å². The zero-order valence-corrected chi connectivity index (χ0v) is 9.23. The predicted molar refractivity (Wildman–Crippen MR) is 60.2 cm³/mol. The molecule has 0 aliphatic heterocycles. The predicted octanol–water partition coefficient (Wildman–Crippen LogP) is 2.34. The van der Waals surface area contributed by atoms with Crippen LogP contribution in [0.15, 0.2) is 30.3 Å². The fourth-order valence-corrected chi connectivity index (χ4v) is 1.09. The molecule has 0 unspecified atom stereocenters. The van der Waals surface area contributed by atoms with Crippen molar-refractivity contribution in [3.63, 3.8) is 0 Å². The maximum Gasteiger partial charge on any atom is 0.133 e. The van der Waals surface area contributed by atoms with E-state index in [0.717, 1.165) is 12.8 Å². The molecule has 1 rings (SSSR count). The standard InChI is InChI=1S/C10H13NO.C2H6/c1-11(7-8-12)9-10-5-3-2-4-6-10;1-2/h2-6,8H,7,9H2,1H3;1-2H3. The summed E-state index contributed by atoms with van der Waals surface area (Å²) >= 11 is 0. The van der Waals surface area contributed by atoms with Gasteiger partial charge in [0.2, 0.25) is 0 Å². The van der Waals surface area contributed by atoms with Gasteiger partial charge in [0.05, 0.1) is 6.54 Å². The summed E-state index contributed by atoms with van der Waals surface area (Å²) < 4.78 is 0. The molecule has 1 aromatic carbocycles. The van der Waals surface area contributed by atoms with Crippen molar-refractivity contribution in [2.45, 2.75) is 20.4 Å². The smallest absolute Gasteiger partial charge is 0.133 e. The van der Waals surface area contributed by atoms with Gasteiger partial charge in [-0.2, -0.15) is 0 Å². The van der Waals surface area contributed by atoms with Crippen LogP contribution < -0.4 is 0 Å². The van der Waals surface area contributed by atoms with Crippen LogP contribution in [-0.4, -0.2) is 24.8 Å². The second kappa shape index (κ2) is 8.45. The third kappa shape index (κ3) is 5.49. The van der Waals surface area contributed by atoms with Crippen LogP contribution in [-0.2, 0) is 11.3 Å². The van der Waals surface area contributed by atoms with Gasteiger partial charge in [-0.05, 0) is 12.6 Å². The monoisotopic (exact) mass is 193 g/mol. The van der Waals surface area contributed by atoms with Gasteiger partial charge in [0.25, 0.3) is 0 Å². The number of carbonyl (C=O) groups excluding carboxylic acids is 1. The van der Waals surface area contributed by atoms with Gasteiger partial charge < -0.3 is 4.79 Å². The van der Waals surface area contributed by atoms with Crippen molar-refractivity contribution >= 4 is 6.29 Å². The Kier molecular flexibility index (Phi) is 7.75. The van der Waals surface area contributed by atoms with Gasteiger partial charge in [-0.25, -0.2) is 0 Å². The van der Waals surface area contributed by atoms with E-state index in [1.807, 2.05) is 44.0 Å². The largest absolute Gasteiger partial charge is 0.302 e. The number of rotatable bonds is 4. The maximum absolute atomic E-state index is 10.2. The van der Waals surface area contributed by atoms with Crippen molar-refractivity contribution in [2.75, 3.05) is 13.6 Å². The molecule has 0 aliphatic carbocycles. The highest BCUT2D eigenvalue weighted by atomic mass is 16.1. The van der Waals surface area contributed by atoms with Crippen LogP contribution in [0.4, 0.5) is 0 Å². The molecule has 1 aromatic rings. The Morgan fingerprint density at radius 2 is 1.79 bits per heavy atom. The topological polar surface area (TPSA) is 20.3 Å². The van der Waals surface area contributed by atoms with E-state index in [1.165, 1.54) is 5.56 Å². The van der Waals surface area contributed by atoms with Gasteiger partial charge in [0.15, 0.2) is 0 Å². The van der Waals surface area contributed by atoms with Crippen LogP contribution in [0.1, 0.15) is 19.4 Å². The lowest BCUT2D eigenvalue weighted by Gasteiger charge is -2.12. The fraction of sp³-hybridized carbons (Fsp3) is 0.417. The molecule has 0 radical (unpaired) electrons. The van der Waals surface area contributed by atoms with Crippen LogP contribution in [0.25, 0.3) is 0 Å². The second-order valence-corrected chi connectivity index (χ2v) is 2.85. The molecule has 2 nitrogen and oxygen atoms in total. The lowest BCUT2D eigenvalue weighted by atomic mass is 10.2. The normalized spacial score (nSPS) is 9.14. The summed E-state index contributed by atoms with van der Waals surface area (Å²) in [5, 5.41) is 0. The summed E-state index contributed by atoms with van der Waals surface area (Å²) in [4.78, 5) is 12.1. The van der Waals surface area contributed by atoms with Crippen LogP contribution in [0, 0.1) is 0 Å². The quantitative estimate of drug-likeness (QED) is 0.684. The Labute approximate surface area is 86.5 Å². The third-order valence-electron chi connectivity index (χ3n) is 1.68. The summed E-state index contributed by atoms with van der Waals surface area (Å²) in [6.07, 6.45) is 0.920. The molecular formula is C12H19NO. The van der Waals surface area contributed by atoms with Gasteiger partial charge in [-0.1, -0.05) is 44.2 Å². The van der Waals surface area contributed by atoms with Crippen LogP contribution >= 0.6 is 0 Å². The van der Waals surface area contributed by atoms with Crippen molar-refractivity contribution in [2.24, 2.45) is 0 Å². The van der Waals surface area contributed by atoms with Crippen molar-refractivity contribution in [3.05, 3.63) is 35.9 Å². The number of hydrogen-bond donors (Lipinski definition) is 0. The Morgan fingerprint density at radius 1 is 1.21 bits per heavy atom. The summed E-state index contributed by atoms with van der Waals surface area (Å²) in [6.45, 7) is 5.33. The zero-order chi connectivity index (χ0) is 10.8. The Bertz CT molecular complexity index is 233. The van der Waals surface area contributed by atoms with E-state index in [0.29, 0.717) is 6.54 Å². The van der Waals surface area contributed by atoms with Gasteiger partial charge in [-0.3, -0.25) is 4.90 Å². The second-order valence-electron chi connectivity index (χ2n) is 2.85. The maximum atomic E-state index is 10.2. The van der Waals surface area contributed by atoms with Crippen molar-refractivity contribution in [1.29, 1.82) is 0 Å². The molecule has 0 bridgehead atoms. The van der Waals surface area contributed by atoms with E-state index in [2.05, 4.69) is 12.1 Å². The van der Waals surface area contributed by atoms with Gasteiger partial charge in [0.1, 0.15) is 6.29 Å². The molecule has 0 saturated heterocycles. The molecule has 2 heteroatoms. The van der Waals surface area contributed by atoms with E-state index in [1.54, 1.807) is 0 Å². The SMILES string of the molecule is CC.CN(CC=O)Cc1ccccc1. The molecular weight excluding hydrogens is 174 g/mol. The first-order valence-electron chi connectivity index (χ1n) is 4.99. The van der Waals surface area contributed by atoms with E-state index in [9.17, 15) is 4.79 Å². The highest BCUT2D eigenvalue weighted by Crippen LogP contribution is 2.00. The van der Waals surface area contributed by atoms with E-state index < -0.39 is 0 Å². The van der Waals surface area contributed by atoms with Crippen molar-refractivity contribution in [1.82, 2.24) is 4.90 Å². The molecule has 0 saturated carbocycles. The fourth-order valence-electron chi connectivity index (χ4n) is 1.09. The summed E-state index contributed by atoms with van der Waals surface area (Å²) in [5.74, 6) is 0. The highest BCUT2D eigenvalue weighted by Gasteiger charge is 1.96. The molecule has 0 aromatic heterocycles. The summed E-state index contributed by atoms with van der Waals surface area (Å²) in [5.41, 5.74) is 1.24. The lowest BCUT2D eigenvalue weighted by molar-refractivity contribution is -0.108. The number of nitrogens with zero attached hydrogens (tertiary/aromatic N) is 1. The van der Waals surface area contributed by atoms with Crippen molar-refractivity contribution < 1.29 is 4.79 Å². The van der Waals surface area contributed by atoms with Crippen LogP contribution in [0.3, 0.4) is 0 Å². The average Bonchev–Trinajstić information content (AvgIpc) is 2.22. The van der Waals surface area contributed by atoms with E-state index in [4.69, 9.17) is 0 Å². The van der Waals surface area contributed by atoms with Gasteiger partial charge in [-0.15, -0.1) is 0 Å². The number of likely N-dealkylation sites (N-methyl/N-ethyl adjacent to an activating group) is 1. The molecule has 0 heterocycles. The molecule has 0 aliphatic rings. The van der Waals surface area contributed by atoms with Crippen LogP contribution in [0.5, 0.6) is 0 Å². The minimum Gasteiger partial charge on any atom is -0.302 e. The lowest BCUT2D eigenvalue weighted by Crippen LogP contribution is -2.19. The molecule has 14 heavy (non-hydrogen) atoms. The van der Waals surface area contributed by atoms with Crippen LogP contribution in [0.2, 0.25) is 0 Å². The first-order chi connectivity index (χ1) is 6.83. The Hall–Kier alpha value is -1.15. The first kappa shape index (κ1) is 12.8. The van der Waals surface area contributed by atoms with E-state index in [-0.39, 0.29) is 0 Å². The minimum absolute atomic E-state index is 0.495. The summed E-state index contributed by atoms with van der Waals surface area (Å²) in [7, 11) is 1.93. The number of carbonyl (C=O) groups is 1. The summed E-state index contributed by atoms with van der Waals surface area (Å²) in [6, 6.07) is 10.1. The number of benzene rings is 1. The Morgan fingerprint density at radius 3 is 2.29 bits per heavy atom. The number of aldehydes is 1. The molecule has 0 spiro atoms. The molecule has 0 fully saturated rings. The highest BCUT2D eigenvalue weighted by molar-refractivity contribution is 5.51. The number of hydrogen-bond acceptors (Lipinski definition) is 2. The molecule has 0 atom stereocenters. The molecule has 0 N–H and O–H groups in total. The Balaban J connectivity index is 0.000000791. The minimum atomic E-state index is 0.495.